The summed E-state index contributed by atoms with van der Waals surface area (Å²) >= 11 is 0. The molecule has 0 aliphatic rings. The average Bonchev–Trinajstić information content (AvgIpc) is 2.35. The van der Waals surface area contributed by atoms with Gasteiger partial charge in [-0.25, -0.2) is 12.7 Å². The molecule has 1 amide bonds. The number of benzene rings is 1. The highest BCUT2D eigenvalue weighted by molar-refractivity contribution is 7.89. The first-order valence-corrected chi connectivity index (χ1v) is 7.10. The molecular weight excluding hydrogens is 252 g/mol. The summed E-state index contributed by atoms with van der Waals surface area (Å²) in [5.74, 6) is -0.105. The molecule has 0 atom stereocenters. The number of sulfonamides is 1. The van der Waals surface area contributed by atoms with E-state index in [9.17, 15) is 13.2 Å². The predicted molar refractivity (Wildman–Crippen MR) is 69.5 cm³/mol. The molecule has 100 valence electrons. The van der Waals surface area contributed by atoms with E-state index in [1.807, 2.05) is 0 Å². The standard InChI is InChI=1S/C12H18N2O3S/c1-4-12(15)13-9-10-7-5-6-8-11(10)18(16,17)14(2)3/h5-8H,4,9H2,1-3H3,(H,13,15). The molecule has 0 saturated carbocycles. The summed E-state index contributed by atoms with van der Waals surface area (Å²) in [5.41, 5.74) is 0.591. The van der Waals surface area contributed by atoms with Crippen LogP contribution in [-0.2, 0) is 21.4 Å². The molecule has 18 heavy (non-hydrogen) atoms. The molecule has 0 unspecified atom stereocenters. The second kappa shape index (κ2) is 5.97. The van der Waals surface area contributed by atoms with Crippen molar-refractivity contribution in [2.75, 3.05) is 14.1 Å². The molecule has 0 fully saturated rings. The van der Waals surface area contributed by atoms with Crippen molar-refractivity contribution in [3.8, 4) is 0 Å². The zero-order valence-electron chi connectivity index (χ0n) is 10.8. The van der Waals surface area contributed by atoms with Crippen molar-refractivity contribution < 1.29 is 13.2 Å². The number of carbonyl (C=O) groups is 1. The van der Waals surface area contributed by atoms with Crippen molar-refractivity contribution >= 4 is 15.9 Å². The second-order valence-corrected chi connectivity index (χ2v) is 6.15. The Morgan fingerprint density at radius 1 is 1.28 bits per heavy atom. The van der Waals surface area contributed by atoms with E-state index in [2.05, 4.69) is 5.32 Å². The maximum Gasteiger partial charge on any atom is 0.242 e. The molecule has 5 nitrogen and oxygen atoms in total. The molecule has 0 bridgehead atoms. The molecule has 0 heterocycles. The fourth-order valence-corrected chi connectivity index (χ4v) is 2.53. The van der Waals surface area contributed by atoms with E-state index >= 15 is 0 Å². The lowest BCUT2D eigenvalue weighted by Crippen LogP contribution is -2.26. The van der Waals surface area contributed by atoms with Crippen LogP contribution in [0.2, 0.25) is 0 Å². The Labute approximate surface area is 108 Å². The highest BCUT2D eigenvalue weighted by Crippen LogP contribution is 2.18. The van der Waals surface area contributed by atoms with Gasteiger partial charge in [0.25, 0.3) is 0 Å². The SMILES string of the molecule is CCC(=O)NCc1ccccc1S(=O)(=O)N(C)C. The number of rotatable bonds is 5. The van der Waals surface area contributed by atoms with E-state index in [-0.39, 0.29) is 17.3 Å². The van der Waals surface area contributed by atoms with Gasteiger partial charge < -0.3 is 5.32 Å². The van der Waals surface area contributed by atoms with Crippen LogP contribution in [0.25, 0.3) is 0 Å². The van der Waals surface area contributed by atoms with Crippen molar-refractivity contribution in [3.63, 3.8) is 0 Å². The second-order valence-electron chi connectivity index (χ2n) is 4.03. The largest absolute Gasteiger partial charge is 0.352 e. The third-order valence-corrected chi connectivity index (χ3v) is 4.44. The van der Waals surface area contributed by atoms with E-state index in [0.29, 0.717) is 12.0 Å². The van der Waals surface area contributed by atoms with Gasteiger partial charge in [0, 0.05) is 27.1 Å². The van der Waals surface area contributed by atoms with Crippen molar-refractivity contribution in [2.24, 2.45) is 0 Å². The lowest BCUT2D eigenvalue weighted by Gasteiger charge is -2.15. The van der Waals surface area contributed by atoms with Crippen LogP contribution in [0.3, 0.4) is 0 Å². The van der Waals surface area contributed by atoms with Gasteiger partial charge in [0.15, 0.2) is 0 Å². The van der Waals surface area contributed by atoms with Crippen LogP contribution in [0.1, 0.15) is 18.9 Å². The molecule has 1 aromatic rings. The molecule has 0 saturated heterocycles. The molecule has 0 radical (unpaired) electrons. The van der Waals surface area contributed by atoms with Gasteiger partial charge in [-0.05, 0) is 11.6 Å². The molecule has 1 aromatic carbocycles. The third-order valence-electron chi connectivity index (χ3n) is 2.53. The fraction of sp³-hybridized carbons (Fsp3) is 0.417. The zero-order chi connectivity index (χ0) is 13.8. The minimum atomic E-state index is -3.48. The number of amides is 1. The first-order valence-electron chi connectivity index (χ1n) is 5.66. The highest BCUT2D eigenvalue weighted by Gasteiger charge is 2.20. The van der Waals surface area contributed by atoms with Crippen LogP contribution in [0, 0.1) is 0 Å². The van der Waals surface area contributed by atoms with Gasteiger partial charge >= 0.3 is 0 Å². The summed E-state index contributed by atoms with van der Waals surface area (Å²) in [6.07, 6.45) is 0.378. The Balaban J connectivity index is 3.04. The van der Waals surface area contributed by atoms with E-state index in [0.717, 1.165) is 4.31 Å². The first-order chi connectivity index (χ1) is 8.39. The number of nitrogens with zero attached hydrogens (tertiary/aromatic N) is 1. The molecule has 0 spiro atoms. The molecular formula is C12H18N2O3S. The van der Waals surface area contributed by atoms with Gasteiger partial charge in [-0.2, -0.15) is 0 Å². The van der Waals surface area contributed by atoms with E-state index in [1.165, 1.54) is 14.1 Å². The Bertz CT molecular complexity index is 524. The van der Waals surface area contributed by atoms with Crippen LogP contribution < -0.4 is 5.32 Å². The number of hydrogen-bond donors (Lipinski definition) is 1. The molecule has 1 N–H and O–H groups in total. The summed E-state index contributed by atoms with van der Waals surface area (Å²) < 4.78 is 25.3. The topological polar surface area (TPSA) is 66.5 Å². The van der Waals surface area contributed by atoms with Crippen LogP contribution in [-0.4, -0.2) is 32.7 Å². The van der Waals surface area contributed by atoms with Crippen LogP contribution in [0.5, 0.6) is 0 Å². The van der Waals surface area contributed by atoms with Gasteiger partial charge in [0.2, 0.25) is 15.9 Å². The number of nitrogens with one attached hydrogen (secondary N) is 1. The quantitative estimate of drug-likeness (QED) is 0.866. The molecule has 6 heteroatoms. The summed E-state index contributed by atoms with van der Waals surface area (Å²) in [5, 5.41) is 2.68. The fourth-order valence-electron chi connectivity index (χ4n) is 1.42. The van der Waals surface area contributed by atoms with Crippen molar-refractivity contribution in [3.05, 3.63) is 29.8 Å². The lowest BCUT2D eigenvalue weighted by atomic mass is 10.2. The monoisotopic (exact) mass is 270 g/mol. The molecule has 0 aliphatic heterocycles. The Kier molecular flexibility index (Phi) is 4.86. The molecule has 0 aliphatic carbocycles. The predicted octanol–water partition coefficient (Wildman–Crippen LogP) is 0.963. The van der Waals surface area contributed by atoms with Crippen LogP contribution in [0.4, 0.5) is 0 Å². The number of hydrogen-bond acceptors (Lipinski definition) is 3. The maximum atomic E-state index is 12.1. The summed E-state index contributed by atoms with van der Waals surface area (Å²) in [4.78, 5) is 11.4. The molecule has 1 rings (SSSR count). The van der Waals surface area contributed by atoms with Crippen LogP contribution in [0.15, 0.2) is 29.2 Å². The van der Waals surface area contributed by atoms with Crippen molar-refractivity contribution in [1.29, 1.82) is 0 Å². The number of carbonyl (C=O) groups excluding carboxylic acids is 1. The van der Waals surface area contributed by atoms with E-state index < -0.39 is 10.0 Å². The maximum absolute atomic E-state index is 12.1. The lowest BCUT2D eigenvalue weighted by molar-refractivity contribution is -0.120. The van der Waals surface area contributed by atoms with Crippen molar-refractivity contribution in [2.45, 2.75) is 24.8 Å². The minimum absolute atomic E-state index is 0.105. The normalized spacial score (nSPS) is 11.6. The zero-order valence-corrected chi connectivity index (χ0v) is 11.6. The minimum Gasteiger partial charge on any atom is -0.352 e. The van der Waals surface area contributed by atoms with Gasteiger partial charge in [0.1, 0.15) is 0 Å². The van der Waals surface area contributed by atoms with Gasteiger partial charge in [-0.15, -0.1) is 0 Å². The Hall–Kier alpha value is -1.40. The first kappa shape index (κ1) is 14.7. The summed E-state index contributed by atoms with van der Waals surface area (Å²) in [7, 11) is -0.514. The third kappa shape index (κ3) is 3.30. The summed E-state index contributed by atoms with van der Waals surface area (Å²) in [6, 6.07) is 6.67. The van der Waals surface area contributed by atoms with Crippen molar-refractivity contribution in [1.82, 2.24) is 9.62 Å². The van der Waals surface area contributed by atoms with Crippen LogP contribution >= 0.6 is 0 Å². The molecule has 0 aromatic heterocycles. The highest BCUT2D eigenvalue weighted by atomic mass is 32.2. The Morgan fingerprint density at radius 2 is 1.89 bits per heavy atom. The van der Waals surface area contributed by atoms with E-state index in [4.69, 9.17) is 0 Å². The smallest absolute Gasteiger partial charge is 0.242 e. The van der Waals surface area contributed by atoms with E-state index in [1.54, 1.807) is 31.2 Å². The van der Waals surface area contributed by atoms with Gasteiger partial charge in [0.05, 0.1) is 4.90 Å². The summed E-state index contributed by atoms with van der Waals surface area (Å²) in [6.45, 7) is 1.97. The van der Waals surface area contributed by atoms with Gasteiger partial charge in [-0.3, -0.25) is 4.79 Å². The van der Waals surface area contributed by atoms with Gasteiger partial charge in [-0.1, -0.05) is 25.1 Å². The Morgan fingerprint density at radius 3 is 2.44 bits per heavy atom. The average molecular weight is 270 g/mol.